The van der Waals surface area contributed by atoms with Gasteiger partial charge < -0.3 is 10.2 Å². The Bertz CT molecular complexity index is 554. The van der Waals surface area contributed by atoms with E-state index in [2.05, 4.69) is 43.1 Å². The molecule has 1 amide bonds. The molecule has 2 bridgehead atoms. The van der Waals surface area contributed by atoms with Crippen LogP contribution in [0.5, 0.6) is 0 Å². The topological polar surface area (TPSA) is 32.3 Å². The Hall–Kier alpha value is -1.35. The number of rotatable bonds is 5. The molecule has 1 saturated heterocycles. The maximum atomic E-state index is 10.7. The highest BCUT2D eigenvalue weighted by atomic mass is 16.1. The van der Waals surface area contributed by atoms with Crippen molar-refractivity contribution in [2.75, 3.05) is 25.0 Å². The number of nitrogens with zero attached hydrogens (tertiary/aromatic N) is 1. The van der Waals surface area contributed by atoms with Crippen molar-refractivity contribution in [2.24, 2.45) is 16.7 Å². The number of hydrogen-bond donors (Lipinski definition) is 1. The molecule has 0 spiro atoms. The molecular formula is C19H28N2O. The Balaban J connectivity index is 1.65. The van der Waals surface area contributed by atoms with Crippen LogP contribution in [0.4, 0.5) is 5.69 Å². The number of amides is 1. The van der Waals surface area contributed by atoms with Crippen LogP contribution in [-0.4, -0.2) is 30.9 Å². The molecule has 1 saturated carbocycles. The zero-order valence-electron chi connectivity index (χ0n) is 14.1. The first-order chi connectivity index (χ1) is 10.5. The van der Waals surface area contributed by atoms with Crippen LogP contribution in [0.1, 0.15) is 39.2 Å². The smallest absolute Gasteiger partial charge is 0.211 e. The summed E-state index contributed by atoms with van der Waals surface area (Å²) in [5.74, 6) is 0.828. The van der Waals surface area contributed by atoms with Gasteiger partial charge in [-0.25, -0.2) is 0 Å². The summed E-state index contributed by atoms with van der Waals surface area (Å²) in [6.07, 6.45) is 4.51. The van der Waals surface area contributed by atoms with Crippen LogP contribution in [0, 0.1) is 16.7 Å². The van der Waals surface area contributed by atoms with Gasteiger partial charge in [0.1, 0.15) is 0 Å². The first kappa shape index (κ1) is 15.5. The van der Waals surface area contributed by atoms with Crippen LogP contribution < -0.4 is 5.32 Å². The Morgan fingerprint density at radius 2 is 2.09 bits per heavy atom. The predicted molar refractivity (Wildman–Crippen MR) is 90.9 cm³/mol. The van der Waals surface area contributed by atoms with Crippen molar-refractivity contribution >= 4 is 12.1 Å². The molecule has 2 atom stereocenters. The second-order valence-corrected chi connectivity index (χ2v) is 7.92. The Kier molecular flexibility index (Phi) is 4.02. The molecule has 1 aromatic carbocycles. The molecular weight excluding hydrogens is 272 g/mol. The van der Waals surface area contributed by atoms with Crippen LogP contribution in [0.2, 0.25) is 0 Å². The van der Waals surface area contributed by atoms with Gasteiger partial charge in [0, 0.05) is 25.3 Å². The molecule has 120 valence electrons. The van der Waals surface area contributed by atoms with Crippen molar-refractivity contribution in [1.29, 1.82) is 0 Å². The van der Waals surface area contributed by atoms with Crippen molar-refractivity contribution < 1.29 is 4.79 Å². The largest absolute Gasteiger partial charge is 0.328 e. The molecule has 1 N–H and O–H groups in total. The molecule has 3 rings (SSSR count). The van der Waals surface area contributed by atoms with Crippen molar-refractivity contribution in [3.05, 3.63) is 29.8 Å². The molecule has 1 aliphatic carbocycles. The van der Waals surface area contributed by atoms with Crippen molar-refractivity contribution in [3.63, 3.8) is 0 Å². The molecule has 1 aromatic rings. The zero-order chi connectivity index (χ0) is 15.8. The van der Waals surface area contributed by atoms with Gasteiger partial charge in [-0.1, -0.05) is 39.0 Å². The third kappa shape index (κ3) is 2.56. The zero-order valence-corrected chi connectivity index (χ0v) is 14.1. The normalized spacial score (nSPS) is 30.2. The third-order valence-corrected chi connectivity index (χ3v) is 6.60. The summed E-state index contributed by atoms with van der Waals surface area (Å²) >= 11 is 0. The quantitative estimate of drug-likeness (QED) is 0.843. The molecule has 3 heteroatoms. The van der Waals surface area contributed by atoms with Gasteiger partial charge in [0.15, 0.2) is 0 Å². The minimum atomic E-state index is 0.455. The number of anilines is 1. The number of benzene rings is 1. The summed E-state index contributed by atoms with van der Waals surface area (Å²) in [6, 6.07) is 8.12. The van der Waals surface area contributed by atoms with E-state index >= 15 is 0 Å². The summed E-state index contributed by atoms with van der Waals surface area (Å²) in [4.78, 5) is 13.4. The minimum absolute atomic E-state index is 0.455. The number of para-hydroxylation sites is 1. The third-order valence-electron chi connectivity index (χ3n) is 6.60. The van der Waals surface area contributed by atoms with E-state index in [-0.39, 0.29) is 0 Å². The predicted octanol–water partition coefficient (Wildman–Crippen LogP) is 3.56. The van der Waals surface area contributed by atoms with Crippen LogP contribution in [-0.2, 0) is 11.2 Å². The number of likely N-dealkylation sites (tertiary alicyclic amines) is 1. The highest BCUT2D eigenvalue weighted by Crippen LogP contribution is 2.58. The van der Waals surface area contributed by atoms with Crippen molar-refractivity contribution in [3.8, 4) is 0 Å². The Labute approximate surface area is 134 Å². The van der Waals surface area contributed by atoms with E-state index in [0.717, 1.165) is 31.0 Å². The van der Waals surface area contributed by atoms with E-state index in [0.29, 0.717) is 10.8 Å². The van der Waals surface area contributed by atoms with E-state index in [9.17, 15) is 4.79 Å². The number of piperidine rings is 1. The van der Waals surface area contributed by atoms with Gasteiger partial charge in [0.25, 0.3) is 0 Å². The van der Waals surface area contributed by atoms with Crippen molar-refractivity contribution in [1.82, 2.24) is 4.90 Å². The van der Waals surface area contributed by atoms with Crippen molar-refractivity contribution in [2.45, 2.75) is 40.0 Å². The van der Waals surface area contributed by atoms with Crippen LogP contribution in [0.25, 0.3) is 0 Å². The first-order valence-electron chi connectivity index (χ1n) is 8.47. The molecule has 2 fully saturated rings. The molecule has 0 aromatic heterocycles. The second-order valence-electron chi connectivity index (χ2n) is 7.92. The van der Waals surface area contributed by atoms with Gasteiger partial charge in [0.05, 0.1) is 0 Å². The lowest BCUT2D eigenvalue weighted by Crippen LogP contribution is -2.52. The summed E-state index contributed by atoms with van der Waals surface area (Å²) < 4.78 is 0. The number of nitrogens with one attached hydrogen (secondary N) is 1. The minimum Gasteiger partial charge on any atom is -0.328 e. The van der Waals surface area contributed by atoms with Gasteiger partial charge in [0.2, 0.25) is 6.41 Å². The maximum Gasteiger partial charge on any atom is 0.211 e. The summed E-state index contributed by atoms with van der Waals surface area (Å²) in [7, 11) is 0. The average molecular weight is 300 g/mol. The van der Waals surface area contributed by atoms with Crippen LogP contribution in [0.3, 0.4) is 0 Å². The van der Waals surface area contributed by atoms with Crippen LogP contribution in [0.15, 0.2) is 24.3 Å². The SMILES string of the molecule is CC1(C)C2CC[C@]1(C)CN(CCc1ccccc1NC=O)C2. The number of fused-ring (bicyclic) bond motifs is 2. The first-order valence-corrected chi connectivity index (χ1v) is 8.47. The lowest BCUT2D eigenvalue weighted by Gasteiger charge is -2.50. The maximum absolute atomic E-state index is 10.7. The number of hydrogen-bond acceptors (Lipinski definition) is 2. The molecule has 1 aliphatic heterocycles. The fourth-order valence-corrected chi connectivity index (χ4v) is 4.53. The summed E-state index contributed by atoms with van der Waals surface area (Å²) in [5, 5.41) is 2.82. The van der Waals surface area contributed by atoms with E-state index in [1.165, 1.54) is 31.5 Å². The molecule has 0 radical (unpaired) electrons. The van der Waals surface area contributed by atoms with E-state index in [4.69, 9.17) is 0 Å². The van der Waals surface area contributed by atoms with Crippen LogP contribution >= 0.6 is 0 Å². The monoisotopic (exact) mass is 300 g/mol. The number of carbonyl (C=O) groups excluding carboxylic acids is 1. The van der Waals surface area contributed by atoms with E-state index in [1.54, 1.807) is 0 Å². The molecule has 1 heterocycles. The Morgan fingerprint density at radius 1 is 1.32 bits per heavy atom. The van der Waals surface area contributed by atoms with Gasteiger partial charge >= 0.3 is 0 Å². The lowest BCUT2D eigenvalue weighted by atomic mass is 9.63. The van der Waals surface area contributed by atoms with Gasteiger partial charge in [-0.2, -0.15) is 0 Å². The second kappa shape index (κ2) is 5.69. The standard InChI is InChI=1S/C19H28N2O/c1-18(2)16-8-10-19(18,3)13-21(12-16)11-9-15-6-4-5-7-17(15)20-14-22/h4-7,14,16H,8-13H2,1-3H3,(H,20,22)/t16?,19-/m1/s1. The molecule has 2 aliphatic rings. The highest BCUT2D eigenvalue weighted by Gasteiger charge is 2.55. The molecule has 1 unspecified atom stereocenters. The average Bonchev–Trinajstić information content (AvgIpc) is 2.64. The fraction of sp³-hybridized carbons (Fsp3) is 0.632. The fourth-order valence-electron chi connectivity index (χ4n) is 4.53. The Morgan fingerprint density at radius 3 is 2.82 bits per heavy atom. The van der Waals surface area contributed by atoms with Gasteiger partial charge in [-0.15, -0.1) is 0 Å². The molecule has 22 heavy (non-hydrogen) atoms. The number of carbonyl (C=O) groups is 1. The van der Waals surface area contributed by atoms with E-state index in [1.807, 2.05) is 12.1 Å². The van der Waals surface area contributed by atoms with Gasteiger partial charge in [-0.05, 0) is 47.6 Å². The molecule has 3 nitrogen and oxygen atoms in total. The van der Waals surface area contributed by atoms with E-state index < -0.39 is 0 Å². The summed E-state index contributed by atoms with van der Waals surface area (Å²) in [5.41, 5.74) is 3.11. The highest BCUT2D eigenvalue weighted by molar-refractivity contribution is 5.73. The van der Waals surface area contributed by atoms with Gasteiger partial charge in [-0.3, -0.25) is 4.79 Å². The lowest BCUT2D eigenvalue weighted by molar-refractivity contribution is -0.105. The summed E-state index contributed by atoms with van der Waals surface area (Å²) in [6.45, 7) is 10.9.